The Morgan fingerprint density at radius 3 is 2.43 bits per heavy atom. The Kier molecular flexibility index (Phi) is 7.29. The molecular weight excluding hydrogens is 268 g/mol. The number of benzene rings is 1. The standard InChI is InChI=1S/C16H24N2O3/c1-3-5-11-14(15(19)20)17-16(21)18(4-2)12-13-9-7-6-8-10-13/h6-10,14H,3-5,11-12H2,1-2H3,(H,17,21)(H,19,20)/t14-/m0/s1. The maximum Gasteiger partial charge on any atom is 0.326 e. The fourth-order valence-corrected chi connectivity index (χ4v) is 2.04. The number of amides is 2. The molecule has 0 radical (unpaired) electrons. The van der Waals surface area contributed by atoms with E-state index in [1.807, 2.05) is 44.2 Å². The topological polar surface area (TPSA) is 69.6 Å². The quantitative estimate of drug-likeness (QED) is 0.774. The summed E-state index contributed by atoms with van der Waals surface area (Å²) in [6, 6.07) is 8.51. The third-order valence-corrected chi connectivity index (χ3v) is 3.33. The maximum absolute atomic E-state index is 12.2. The first-order chi connectivity index (χ1) is 10.1. The number of carboxylic acid groups (broad SMARTS) is 1. The average Bonchev–Trinajstić information content (AvgIpc) is 2.49. The molecule has 116 valence electrons. The molecule has 2 amide bonds. The lowest BCUT2D eigenvalue weighted by Crippen LogP contribution is -2.47. The molecule has 5 nitrogen and oxygen atoms in total. The molecule has 0 heterocycles. The number of unbranched alkanes of at least 4 members (excludes halogenated alkanes) is 1. The molecule has 0 aliphatic carbocycles. The van der Waals surface area contributed by atoms with Gasteiger partial charge in [-0.1, -0.05) is 50.1 Å². The Labute approximate surface area is 126 Å². The van der Waals surface area contributed by atoms with Crippen LogP contribution in [0.3, 0.4) is 0 Å². The summed E-state index contributed by atoms with van der Waals surface area (Å²) in [5.41, 5.74) is 1.02. The van der Waals surface area contributed by atoms with Crippen molar-refractivity contribution in [3.8, 4) is 0 Å². The van der Waals surface area contributed by atoms with Crippen LogP contribution in [0, 0.1) is 0 Å². The van der Waals surface area contributed by atoms with E-state index < -0.39 is 12.0 Å². The number of carboxylic acids is 1. The average molecular weight is 292 g/mol. The minimum Gasteiger partial charge on any atom is -0.480 e. The van der Waals surface area contributed by atoms with Gasteiger partial charge >= 0.3 is 12.0 Å². The van der Waals surface area contributed by atoms with Crippen molar-refractivity contribution in [1.82, 2.24) is 10.2 Å². The van der Waals surface area contributed by atoms with Crippen LogP contribution in [0.15, 0.2) is 30.3 Å². The largest absolute Gasteiger partial charge is 0.480 e. The Bertz CT molecular complexity index is 448. The minimum atomic E-state index is -0.979. The van der Waals surface area contributed by atoms with E-state index in [1.54, 1.807) is 4.90 Å². The second-order valence-corrected chi connectivity index (χ2v) is 4.98. The van der Waals surface area contributed by atoms with Gasteiger partial charge in [0.1, 0.15) is 6.04 Å². The maximum atomic E-state index is 12.2. The highest BCUT2D eigenvalue weighted by Crippen LogP contribution is 2.06. The number of nitrogens with zero attached hydrogens (tertiary/aromatic N) is 1. The van der Waals surface area contributed by atoms with Gasteiger partial charge in [0, 0.05) is 13.1 Å². The number of nitrogens with one attached hydrogen (secondary N) is 1. The summed E-state index contributed by atoms with van der Waals surface area (Å²) in [5, 5.41) is 11.8. The summed E-state index contributed by atoms with van der Waals surface area (Å²) >= 11 is 0. The molecule has 0 aliphatic heterocycles. The van der Waals surface area contributed by atoms with Gasteiger partial charge in [-0.15, -0.1) is 0 Å². The van der Waals surface area contributed by atoms with Gasteiger partial charge in [0.15, 0.2) is 0 Å². The number of hydrogen-bond acceptors (Lipinski definition) is 2. The van der Waals surface area contributed by atoms with Crippen molar-refractivity contribution >= 4 is 12.0 Å². The second kappa shape index (κ2) is 9.00. The summed E-state index contributed by atoms with van der Waals surface area (Å²) in [4.78, 5) is 25.0. The van der Waals surface area contributed by atoms with E-state index in [0.29, 0.717) is 19.5 Å². The van der Waals surface area contributed by atoms with E-state index in [-0.39, 0.29) is 6.03 Å². The molecular formula is C16H24N2O3. The molecule has 0 saturated heterocycles. The van der Waals surface area contributed by atoms with Crippen LogP contribution in [-0.2, 0) is 11.3 Å². The van der Waals surface area contributed by atoms with Gasteiger partial charge in [0.2, 0.25) is 0 Å². The Hall–Kier alpha value is -2.04. The molecule has 2 N–H and O–H groups in total. The first-order valence-electron chi connectivity index (χ1n) is 7.40. The zero-order valence-electron chi connectivity index (χ0n) is 12.7. The van der Waals surface area contributed by atoms with Crippen LogP contribution < -0.4 is 5.32 Å². The highest BCUT2D eigenvalue weighted by atomic mass is 16.4. The van der Waals surface area contributed by atoms with Crippen molar-refractivity contribution in [2.45, 2.75) is 45.7 Å². The number of rotatable bonds is 8. The van der Waals surface area contributed by atoms with Gasteiger partial charge in [-0.05, 0) is 18.9 Å². The SMILES string of the molecule is CCCC[C@H](NC(=O)N(CC)Cc1ccccc1)C(=O)O. The molecule has 0 unspecified atom stereocenters. The minimum absolute atomic E-state index is 0.329. The van der Waals surface area contributed by atoms with E-state index in [2.05, 4.69) is 5.32 Å². The molecule has 1 rings (SSSR count). The van der Waals surface area contributed by atoms with Gasteiger partial charge in [0.25, 0.3) is 0 Å². The summed E-state index contributed by atoms with van der Waals surface area (Å²) in [7, 11) is 0. The highest BCUT2D eigenvalue weighted by molar-refractivity contribution is 5.82. The first-order valence-corrected chi connectivity index (χ1v) is 7.40. The van der Waals surface area contributed by atoms with Gasteiger partial charge < -0.3 is 15.3 Å². The van der Waals surface area contributed by atoms with Crippen molar-refractivity contribution in [1.29, 1.82) is 0 Å². The molecule has 1 aromatic rings. The van der Waals surface area contributed by atoms with Crippen molar-refractivity contribution < 1.29 is 14.7 Å². The van der Waals surface area contributed by atoms with Crippen LogP contribution >= 0.6 is 0 Å². The highest BCUT2D eigenvalue weighted by Gasteiger charge is 2.22. The second-order valence-electron chi connectivity index (χ2n) is 4.98. The number of carbonyl (C=O) groups excluding carboxylic acids is 1. The zero-order chi connectivity index (χ0) is 15.7. The van der Waals surface area contributed by atoms with E-state index in [0.717, 1.165) is 18.4 Å². The Balaban J connectivity index is 2.62. The summed E-state index contributed by atoms with van der Waals surface area (Å²) in [5.74, 6) is -0.979. The molecule has 0 saturated carbocycles. The first kappa shape index (κ1) is 17.0. The zero-order valence-corrected chi connectivity index (χ0v) is 12.7. The summed E-state index contributed by atoms with van der Waals surface area (Å²) in [6.07, 6.45) is 2.14. The van der Waals surface area contributed by atoms with E-state index in [9.17, 15) is 9.59 Å². The van der Waals surface area contributed by atoms with Crippen molar-refractivity contribution in [3.63, 3.8) is 0 Å². The molecule has 0 fully saturated rings. The monoisotopic (exact) mass is 292 g/mol. The van der Waals surface area contributed by atoms with Gasteiger partial charge in [-0.3, -0.25) is 0 Å². The number of urea groups is 1. The van der Waals surface area contributed by atoms with Gasteiger partial charge in [-0.25, -0.2) is 9.59 Å². The van der Waals surface area contributed by atoms with Crippen molar-refractivity contribution in [2.24, 2.45) is 0 Å². The lowest BCUT2D eigenvalue weighted by Gasteiger charge is -2.24. The predicted octanol–water partition coefficient (Wildman–Crippen LogP) is 2.86. The third kappa shape index (κ3) is 5.85. The van der Waals surface area contributed by atoms with Crippen molar-refractivity contribution in [3.05, 3.63) is 35.9 Å². The lowest BCUT2D eigenvalue weighted by atomic mass is 10.1. The molecule has 1 atom stereocenters. The molecule has 1 aromatic carbocycles. The Morgan fingerprint density at radius 2 is 1.90 bits per heavy atom. The normalized spacial score (nSPS) is 11.7. The molecule has 0 aliphatic rings. The molecule has 0 spiro atoms. The molecule has 5 heteroatoms. The number of carbonyl (C=O) groups is 2. The molecule has 0 bridgehead atoms. The van der Waals surface area contributed by atoms with E-state index >= 15 is 0 Å². The van der Waals surface area contributed by atoms with Crippen LogP contribution in [0.2, 0.25) is 0 Å². The van der Waals surface area contributed by atoms with Crippen LogP contribution in [0.5, 0.6) is 0 Å². The Morgan fingerprint density at radius 1 is 1.24 bits per heavy atom. The fourth-order valence-electron chi connectivity index (χ4n) is 2.04. The van der Waals surface area contributed by atoms with Gasteiger partial charge in [-0.2, -0.15) is 0 Å². The molecule has 0 aromatic heterocycles. The summed E-state index contributed by atoms with van der Waals surface area (Å²) in [6.45, 7) is 4.88. The van der Waals surface area contributed by atoms with Crippen LogP contribution in [0.4, 0.5) is 4.79 Å². The van der Waals surface area contributed by atoms with E-state index in [1.165, 1.54) is 0 Å². The van der Waals surface area contributed by atoms with Crippen LogP contribution in [0.1, 0.15) is 38.7 Å². The number of aliphatic carboxylic acids is 1. The number of hydrogen-bond donors (Lipinski definition) is 2. The van der Waals surface area contributed by atoms with Crippen LogP contribution in [-0.4, -0.2) is 34.6 Å². The fraction of sp³-hybridized carbons (Fsp3) is 0.500. The predicted molar refractivity (Wildman–Crippen MR) is 82.0 cm³/mol. The third-order valence-electron chi connectivity index (χ3n) is 3.33. The smallest absolute Gasteiger partial charge is 0.326 e. The van der Waals surface area contributed by atoms with Gasteiger partial charge in [0.05, 0.1) is 0 Å². The van der Waals surface area contributed by atoms with Crippen LogP contribution in [0.25, 0.3) is 0 Å². The lowest BCUT2D eigenvalue weighted by molar-refractivity contribution is -0.139. The summed E-state index contributed by atoms with van der Waals surface area (Å²) < 4.78 is 0. The molecule has 21 heavy (non-hydrogen) atoms. The van der Waals surface area contributed by atoms with Crippen molar-refractivity contribution in [2.75, 3.05) is 6.54 Å². The van der Waals surface area contributed by atoms with E-state index in [4.69, 9.17) is 5.11 Å².